The third kappa shape index (κ3) is 4.20. The van der Waals surface area contributed by atoms with Crippen LogP contribution in [0.1, 0.15) is 45.2 Å². The molecule has 1 atom stereocenters. The highest BCUT2D eigenvalue weighted by molar-refractivity contribution is 5.36. The standard InChI is InChI=1S/C16H30N4O/c1-3-14-13-19(9-7-11-21-4-2)16(18-14)20-10-6-5-8-15(20)12-17/h13,15H,3-12,17H2,1-2H3. The molecule has 0 aliphatic carbocycles. The minimum atomic E-state index is 0.441. The zero-order valence-corrected chi connectivity index (χ0v) is 13.6. The van der Waals surface area contributed by atoms with Crippen molar-refractivity contribution in [3.05, 3.63) is 11.9 Å². The van der Waals surface area contributed by atoms with Gasteiger partial charge in [-0.05, 0) is 39.0 Å². The topological polar surface area (TPSA) is 56.3 Å². The molecule has 120 valence electrons. The Kier molecular flexibility index (Phi) is 6.51. The van der Waals surface area contributed by atoms with Crippen molar-refractivity contribution in [3.8, 4) is 0 Å². The molecule has 21 heavy (non-hydrogen) atoms. The number of anilines is 1. The van der Waals surface area contributed by atoms with E-state index in [2.05, 4.69) is 22.6 Å². The fraction of sp³-hybridized carbons (Fsp3) is 0.812. The summed E-state index contributed by atoms with van der Waals surface area (Å²) in [5, 5.41) is 0. The van der Waals surface area contributed by atoms with Gasteiger partial charge in [0, 0.05) is 45.1 Å². The summed E-state index contributed by atoms with van der Waals surface area (Å²) < 4.78 is 7.75. The summed E-state index contributed by atoms with van der Waals surface area (Å²) in [6, 6.07) is 0.441. The van der Waals surface area contributed by atoms with Crippen LogP contribution in [0.4, 0.5) is 5.95 Å². The first-order valence-corrected chi connectivity index (χ1v) is 8.40. The Hall–Kier alpha value is -1.07. The van der Waals surface area contributed by atoms with Gasteiger partial charge in [-0.15, -0.1) is 0 Å². The van der Waals surface area contributed by atoms with Crippen molar-refractivity contribution in [2.45, 2.75) is 58.5 Å². The first kappa shape index (κ1) is 16.3. The summed E-state index contributed by atoms with van der Waals surface area (Å²) >= 11 is 0. The first-order chi connectivity index (χ1) is 10.3. The Balaban J connectivity index is 2.10. The molecule has 1 unspecified atom stereocenters. The fourth-order valence-electron chi connectivity index (χ4n) is 3.01. The molecular formula is C16H30N4O. The van der Waals surface area contributed by atoms with E-state index in [-0.39, 0.29) is 0 Å². The molecule has 2 rings (SSSR count). The molecule has 0 bridgehead atoms. The number of imidazole rings is 1. The van der Waals surface area contributed by atoms with Crippen molar-refractivity contribution < 1.29 is 4.74 Å². The predicted molar refractivity (Wildman–Crippen MR) is 86.8 cm³/mol. The van der Waals surface area contributed by atoms with Crippen LogP contribution in [-0.4, -0.2) is 41.9 Å². The summed E-state index contributed by atoms with van der Waals surface area (Å²) in [4.78, 5) is 7.26. The number of aryl methyl sites for hydroxylation is 2. The van der Waals surface area contributed by atoms with E-state index < -0.39 is 0 Å². The number of ether oxygens (including phenoxy) is 1. The minimum absolute atomic E-state index is 0.441. The van der Waals surface area contributed by atoms with Crippen LogP contribution >= 0.6 is 0 Å². The van der Waals surface area contributed by atoms with Crippen LogP contribution in [0, 0.1) is 0 Å². The monoisotopic (exact) mass is 294 g/mol. The van der Waals surface area contributed by atoms with Gasteiger partial charge in [0.05, 0.1) is 5.69 Å². The van der Waals surface area contributed by atoms with Gasteiger partial charge in [-0.3, -0.25) is 0 Å². The van der Waals surface area contributed by atoms with Gasteiger partial charge in [0.2, 0.25) is 5.95 Å². The van der Waals surface area contributed by atoms with Crippen LogP contribution < -0.4 is 10.6 Å². The third-order valence-electron chi connectivity index (χ3n) is 4.22. The van der Waals surface area contributed by atoms with E-state index in [0.29, 0.717) is 12.6 Å². The summed E-state index contributed by atoms with van der Waals surface area (Å²) in [5.41, 5.74) is 7.13. The molecule has 2 N–H and O–H groups in total. The van der Waals surface area contributed by atoms with Gasteiger partial charge in [0.15, 0.2) is 0 Å². The van der Waals surface area contributed by atoms with Gasteiger partial charge in [-0.1, -0.05) is 6.92 Å². The van der Waals surface area contributed by atoms with Crippen LogP contribution in [0.15, 0.2) is 6.20 Å². The second-order valence-electron chi connectivity index (χ2n) is 5.71. The summed E-state index contributed by atoms with van der Waals surface area (Å²) in [6.07, 6.45) is 7.91. The number of hydrogen-bond acceptors (Lipinski definition) is 4. The second kappa shape index (κ2) is 8.39. The molecule has 0 amide bonds. The van der Waals surface area contributed by atoms with E-state index in [1.54, 1.807) is 0 Å². The SMILES string of the molecule is CCOCCCn1cc(CC)nc1N1CCCCC1CN. The zero-order valence-electron chi connectivity index (χ0n) is 13.6. The largest absolute Gasteiger partial charge is 0.382 e. The van der Waals surface area contributed by atoms with Crippen LogP contribution in [-0.2, 0) is 17.7 Å². The van der Waals surface area contributed by atoms with Crippen molar-refractivity contribution in [1.29, 1.82) is 0 Å². The summed E-state index contributed by atoms with van der Waals surface area (Å²) in [5.74, 6) is 1.11. The molecular weight excluding hydrogens is 264 g/mol. The Morgan fingerprint density at radius 2 is 2.24 bits per heavy atom. The van der Waals surface area contributed by atoms with Crippen LogP contribution in [0.5, 0.6) is 0 Å². The molecule has 5 heteroatoms. The van der Waals surface area contributed by atoms with Gasteiger partial charge in [0.1, 0.15) is 0 Å². The van der Waals surface area contributed by atoms with Gasteiger partial charge >= 0.3 is 0 Å². The highest BCUT2D eigenvalue weighted by atomic mass is 16.5. The number of nitrogens with zero attached hydrogens (tertiary/aromatic N) is 3. The lowest BCUT2D eigenvalue weighted by molar-refractivity contribution is 0.141. The number of nitrogens with two attached hydrogens (primary N) is 1. The predicted octanol–water partition coefficient (Wildman–Crippen LogP) is 2.19. The molecule has 1 aromatic heterocycles. The lowest BCUT2D eigenvalue weighted by Gasteiger charge is -2.36. The Labute approximate surface area is 128 Å². The minimum Gasteiger partial charge on any atom is -0.382 e. The smallest absolute Gasteiger partial charge is 0.206 e. The maximum Gasteiger partial charge on any atom is 0.206 e. The molecule has 0 spiro atoms. The van der Waals surface area contributed by atoms with Gasteiger partial charge < -0.3 is 19.9 Å². The molecule has 1 fully saturated rings. The van der Waals surface area contributed by atoms with Gasteiger partial charge in [-0.2, -0.15) is 0 Å². The molecule has 2 heterocycles. The molecule has 1 aliphatic heterocycles. The van der Waals surface area contributed by atoms with Crippen molar-refractivity contribution in [2.24, 2.45) is 5.73 Å². The molecule has 1 saturated heterocycles. The molecule has 1 aromatic rings. The van der Waals surface area contributed by atoms with Crippen LogP contribution in [0.25, 0.3) is 0 Å². The fourth-order valence-corrected chi connectivity index (χ4v) is 3.01. The molecule has 0 aromatic carbocycles. The quantitative estimate of drug-likeness (QED) is 0.747. The highest BCUT2D eigenvalue weighted by Crippen LogP contribution is 2.24. The van der Waals surface area contributed by atoms with E-state index in [1.807, 2.05) is 6.92 Å². The Morgan fingerprint density at radius 1 is 1.38 bits per heavy atom. The van der Waals surface area contributed by atoms with Crippen molar-refractivity contribution >= 4 is 5.95 Å². The van der Waals surface area contributed by atoms with Crippen molar-refractivity contribution in [1.82, 2.24) is 9.55 Å². The maximum absolute atomic E-state index is 5.96. The maximum atomic E-state index is 5.96. The number of piperidine rings is 1. The average Bonchev–Trinajstić information content (AvgIpc) is 2.94. The summed E-state index contributed by atoms with van der Waals surface area (Å²) in [7, 11) is 0. The summed E-state index contributed by atoms with van der Waals surface area (Å²) in [6.45, 7) is 8.57. The second-order valence-corrected chi connectivity index (χ2v) is 5.71. The third-order valence-corrected chi connectivity index (χ3v) is 4.22. The van der Waals surface area contributed by atoms with Crippen molar-refractivity contribution in [2.75, 3.05) is 31.2 Å². The number of hydrogen-bond donors (Lipinski definition) is 1. The van der Waals surface area contributed by atoms with E-state index in [4.69, 9.17) is 15.5 Å². The average molecular weight is 294 g/mol. The van der Waals surface area contributed by atoms with Crippen LogP contribution in [0.2, 0.25) is 0 Å². The Morgan fingerprint density at radius 3 is 2.95 bits per heavy atom. The van der Waals surface area contributed by atoms with E-state index in [1.165, 1.54) is 25.0 Å². The van der Waals surface area contributed by atoms with Gasteiger partial charge in [-0.25, -0.2) is 4.98 Å². The molecule has 1 aliphatic rings. The molecule has 5 nitrogen and oxygen atoms in total. The number of rotatable bonds is 8. The normalized spacial score (nSPS) is 19.2. The van der Waals surface area contributed by atoms with Crippen molar-refractivity contribution in [3.63, 3.8) is 0 Å². The highest BCUT2D eigenvalue weighted by Gasteiger charge is 2.25. The zero-order chi connectivity index (χ0) is 15.1. The van der Waals surface area contributed by atoms with E-state index >= 15 is 0 Å². The van der Waals surface area contributed by atoms with E-state index in [0.717, 1.165) is 45.1 Å². The van der Waals surface area contributed by atoms with E-state index in [9.17, 15) is 0 Å². The molecule has 0 radical (unpaired) electrons. The first-order valence-electron chi connectivity index (χ1n) is 8.40. The lowest BCUT2D eigenvalue weighted by Crippen LogP contribution is -2.45. The van der Waals surface area contributed by atoms with Gasteiger partial charge in [0.25, 0.3) is 0 Å². The Bertz CT molecular complexity index is 418. The van der Waals surface area contributed by atoms with Crippen LogP contribution in [0.3, 0.4) is 0 Å². The number of aromatic nitrogens is 2. The molecule has 0 saturated carbocycles. The lowest BCUT2D eigenvalue weighted by atomic mass is 10.0.